The van der Waals surface area contributed by atoms with Gasteiger partial charge in [-0.15, -0.1) is 0 Å². The fraction of sp³-hybridized carbons (Fsp3) is 0.409. The van der Waals surface area contributed by atoms with Crippen LogP contribution in [0.3, 0.4) is 0 Å². The molecule has 0 amide bonds. The van der Waals surface area contributed by atoms with Crippen molar-refractivity contribution in [3.8, 4) is 0 Å². The Bertz CT molecular complexity index is 915. The third kappa shape index (κ3) is 2.93. The summed E-state index contributed by atoms with van der Waals surface area (Å²) in [4.78, 5) is 6.98. The minimum Gasteiger partial charge on any atom is -0.355 e. The number of aryl methyl sites for hydroxylation is 1. The monoisotopic (exact) mass is 363 g/mol. The molecule has 4 rings (SSSR count). The number of halogens is 1. The van der Waals surface area contributed by atoms with E-state index in [1.807, 2.05) is 6.33 Å². The molecule has 0 saturated heterocycles. The lowest BCUT2D eigenvalue weighted by Crippen LogP contribution is -2.25. The largest absolute Gasteiger partial charge is 0.355 e. The minimum absolute atomic E-state index is 0.0383. The second-order valence-electron chi connectivity index (χ2n) is 7.72. The summed E-state index contributed by atoms with van der Waals surface area (Å²) in [7, 11) is 0.817. The Hall–Kier alpha value is -2.30. The topological polar surface area (TPSA) is 21.1 Å². The molecule has 140 valence electrons. The summed E-state index contributed by atoms with van der Waals surface area (Å²) in [6.07, 6.45) is 6.12. The lowest BCUT2D eigenvalue weighted by atomic mass is 9.72. The van der Waals surface area contributed by atoms with E-state index >= 15 is 0 Å². The number of imidazole rings is 1. The number of fused-ring (bicyclic) bond motifs is 2. The molecule has 0 bridgehead atoms. The molecule has 2 aliphatic rings. The second kappa shape index (κ2) is 7.03. The van der Waals surface area contributed by atoms with Gasteiger partial charge in [-0.05, 0) is 30.9 Å². The maximum absolute atomic E-state index is 14.7. The predicted octanol–water partition coefficient (Wildman–Crippen LogP) is 3.96. The van der Waals surface area contributed by atoms with Crippen molar-refractivity contribution < 1.29 is 4.39 Å². The van der Waals surface area contributed by atoms with Crippen molar-refractivity contribution >= 4 is 18.4 Å². The van der Waals surface area contributed by atoms with Crippen LogP contribution in [0.1, 0.15) is 54.7 Å². The molecule has 3 nitrogen and oxygen atoms in total. The lowest BCUT2D eigenvalue weighted by Gasteiger charge is -2.32. The summed E-state index contributed by atoms with van der Waals surface area (Å²) in [5.74, 6) is -0.122. The maximum Gasteiger partial charge on any atom is 0.154 e. The van der Waals surface area contributed by atoms with Crippen molar-refractivity contribution in [3.05, 3.63) is 65.5 Å². The van der Waals surface area contributed by atoms with E-state index < -0.39 is 0 Å². The minimum atomic E-state index is -0.122. The van der Waals surface area contributed by atoms with E-state index in [0.29, 0.717) is 6.54 Å². The molecular formula is C22H27BFN3. The first-order chi connectivity index (χ1) is 13.0. The van der Waals surface area contributed by atoms with Gasteiger partial charge in [-0.25, -0.2) is 9.37 Å². The zero-order valence-electron chi connectivity index (χ0n) is 16.4. The smallest absolute Gasteiger partial charge is 0.154 e. The summed E-state index contributed by atoms with van der Waals surface area (Å²) < 4.78 is 17.0. The van der Waals surface area contributed by atoms with Crippen LogP contribution in [0.5, 0.6) is 0 Å². The van der Waals surface area contributed by atoms with Gasteiger partial charge < -0.3 is 9.47 Å². The number of rotatable bonds is 6. The van der Waals surface area contributed by atoms with Crippen LogP contribution in [0.25, 0.3) is 5.70 Å². The molecule has 1 aromatic carbocycles. The molecule has 2 aromatic rings. The molecule has 27 heavy (non-hydrogen) atoms. The number of hydrogen-bond acceptors (Lipinski definition) is 2. The number of aromatic nitrogens is 2. The molecular weight excluding hydrogens is 336 g/mol. The molecule has 0 N–H and O–H groups in total. The Kier molecular flexibility index (Phi) is 4.71. The summed E-state index contributed by atoms with van der Waals surface area (Å²) in [6, 6.07) is 3.72. The fourth-order valence-electron chi connectivity index (χ4n) is 4.53. The first-order valence-electron chi connectivity index (χ1n) is 10.0. The van der Waals surface area contributed by atoms with E-state index in [1.165, 1.54) is 5.69 Å². The summed E-state index contributed by atoms with van der Waals surface area (Å²) in [5.41, 5.74) is 7.12. The van der Waals surface area contributed by atoms with Crippen LogP contribution in [-0.4, -0.2) is 21.7 Å². The number of hydrogen-bond donors (Lipinski definition) is 0. The molecule has 2 aliphatic heterocycles. The van der Waals surface area contributed by atoms with E-state index in [4.69, 9.17) is 4.98 Å². The summed E-state index contributed by atoms with van der Waals surface area (Å²) in [5, 5.41) is 0. The van der Waals surface area contributed by atoms with Gasteiger partial charge >= 0.3 is 0 Å². The maximum atomic E-state index is 14.7. The van der Waals surface area contributed by atoms with Crippen molar-refractivity contribution in [3.63, 3.8) is 0 Å². The highest BCUT2D eigenvalue weighted by Gasteiger charge is 2.36. The van der Waals surface area contributed by atoms with E-state index in [1.54, 1.807) is 6.07 Å². The molecule has 0 radical (unpaired) electrons. The quantitative estimate of drug-likeness (QED) is 0.572. The Balaban J connectivity index is 1.76. The van der Waals surface area contributed by atoms with E-state index in [0.717, 1.165) is 73.1 Å². The van der Waals surface area contributed by atoms with Crippen molar-refractivity contribution in [1.82, 2.24) is 14.5 Å². The van der Waals surface area contributed by atoms with Crippen LogP contribution in [0.2, 0.25) is 6.82 Å². The first-order valence-corrected chi connectivity index (χ1v) is 10.0. The zero-order chi connectivity index (χ0) is 19.1. The van der Waals surface area contributed by atoms with Gasteiger partial charge in [-0.1, -0.05) is 44.9 Å². The van der Waals surface area contributed by atoms with Crippen molar-refractivity contribution in [2.45, 2.75) is 58.6 Å². The van der Waals surface area contributed by atoms with Crippen LogP contribution in [0.15, 0.2) is 37.2 Å². The molecule has 0 spiro atoms. The average molecular weight is 363 g/mol. The second-order valence-corrected chi connectivity index (χ2v) is 7.72. The number of nitrogens with zero attached hydrogens (tertiary/aromatic N) is 3. The highest BCUT2D eigenvalue weighted by molar-refractivity contribution is 6.52. The lowest BCUT2D eigenvalue weighted by molar-refractivity contribution is 0.325. The molecule has 3 heterocycles. The van der Waals surface area contributed by atoms with Crippen LogP contribution in [-0.2, 0) is 19.5 Å². The molecule has 1 aromatic heterocycles. The van der Waals surface area contributed by atoms with Crippen LogP contribution in [0.4, 0.5) is 4.39 Å². The average Bonchev–Trinajstić information content (AvgIpc) is 3.33. The summed E-state index contributed by atoms with van der Waals surface area (Å²) in [6.45, 7) is 14.5. The highest BCUT2D eigenvalue weighted by atomic mass is 19.1. The summed E-state index contributed by atoms with van der Waals surface area (Å²) >= 11 is 0. The molecule has 0 aliphatic carbocycles. The molecule has 5 heteroatoms. The zero-order valence-corrected chi connectivity index (χ0v) is 16.4. The van der Waals surface area contributed by atoms with Crippen LogP contribution >= 0.6 is 0 Å². The van der Waals surface area contributed by atoms with Gasteiger partial charge in [0.05, 0.1) is 18.1 Å². The van der Waals surface area contributed by atoms with Crippen molar-refractivity contribution in [2.24, 2.45) is 0 Å². The molecule has 0 fully saturated rings. The Morgan fingerprint density at radius 2 is 2.22 bits per heavy atom. The fourth-order valence-corrected chi connectivity index (χ4v) is 4.53. The van der Waals surface area contributed by atoms with Gasteiger partial charge in [0.1, 0.15) is 5.82 Å². The predicted molar refractivity (Wildman–Crippen MR) is 111 cm³/mol. The van der Waals surface area contributed by atoms with Gasteiger partial charge in [0.25, 0.3) is 0 Å². The van der Waals surface area contributed by atoms with Gasteiger partial charge in [0.15, 0.2) is 7.28 Å². The Labute approximate surface area is 161 Å². The normalized spacial score (nSPS) is 16.4. The van der Waals surface area contributed by atoms with Gasteiger partial charge in [0, 0.05) is 35.6 Å². The number of benzene rings is 1. The van der Waals surface area contributed by atoms with Gasteiger partial charge in [-0.2, -0.15) is 0 Å². The third-order valence-electron chi connectivity index (χ3n) is 5.97. The molecule has 1 atom stereocenters. The first kappa shape index (κ1) is 18.1. The van der Waals surface area contributed by atoms with Crippen molar-refractivity contribution in [1.29, 1.82) is 0 Å². The van der Waals surface area contributed by atoms with Crippen LogP contribution < -0.4 is 5.46 Å². The third-order valence-corrected chi connectivity index (χ3v) is 5.97. The SMILES string of the molecule is C=C(CCC)C(c1ncn2c1CCC2)N1Cc2c(F)cc(BC)cc2C1=C. The molecule has 1 unspecified atom stereocenters. The van der Waals surface area contributed by atoms with Crippen LogP contribution in [0, 0.1) is 5.82 Å². The highest BCUT2D eigenvalue weighted by Crippen LogP contribution is 2.43. The Morgan fingerprint density at radius 3 is 2.96 bits per heavy atom. The van der Waals surface area contributed by atoms with E-state index in [2.05, 4.69) is 42.4 Å². The standard InChI is InChI=1S/C22H27BFN3/c1-5-7-14(2)22(21-20-8-6-9-26(20)13-25-21)27-12-18-17(15(27)3)10-16(23-4)11-19(18)24/h10-11,13,22-23H,2-3,5-9,12H2,1,4H3. The van der Waals surface area contributed by atoms with E-state index in [9.17, 15) is 4.39 Å². The molecule has 0 saturated carbocycles. The van der Waals surface area contributed by atoms with E-state index in [-0.39, 0.29) is 11.9 Å². The van der Waals surface area contributed by atoms with Crippen molar-refractivity contribution in [2.75, 3.05) is 0 Å². The Morgan fingerprint density at radius 1 is 1.41 bits per heavy atom. The van der Waals surface area contributed by atoms with Gasteiger partial charge in [-0.3, -0.25) is 0 Å². The van der Waals surface area contributed by atoms with Gasteiger partial charge in [0.2, 0.25) is 0 Å².